The van der Waals surface area contributed by atoms with Gasteiger partial charge in [-0.25, -0.2) is 13.1 Å². The molecule has 0 unspecified atom stereocenters. The fraction of sp³-hybridized carbons (Fsp3) is 0.300. The van der Waals surface area contributed by atoms with Crippen molar-refractivity contribution in [3.05, 3.63) is 58.1 Å². The molecule has 1 aliphatic carbocycles. The van der Waals surface area contributed by atoms with E-state index >= 15 is 0 Å². The van der Waals surface area contributed by atoms with E-state index in [1.165, 1.54) is 18.2 Å². The number of anilines is 1. The van der Waals surface area contributed by atoms with E-state index in [9.17, 15) is 18.0 Å². The molecule has 154 valence electrons. The lowest BCUT2D eigenvalue weighted by Gasteiger charge is -2.12. The molecule has 1 aliphatic rings. The highest BCUT2D eigenvalue weighted by Crippen LogP contribution is 2.25. The Balaban J connectivity index is 1.65. The van der Waals surface area contributed by atoms with Gasteiger partial charge in [0.05, 0.1) is 17.0 Å². The number of rotatable bonds is 8. The van der Waals surface area contributed by atoms with Crippen LogP contribution in [0.2, 0.25) is 0 Å². The predicted molar refractivity (Wildman–Crippen MR) is 114 cm³/mol. The predicted octanol–water partition coefficient (Wildman–Crippen LogP) is 2.82. The summed E-state index contributed by atoms with van der Waals surface area (Å²) in [5, 5.41) is 5.31. The molecule has 1 saturated carbocycles. The summed E-state index contributed by atoms with van der Waals surface area (Å²) in [7, 11) is -3.68. The largest absolute Gasteiger partial charge is 0.343 e. The number of hydrogen-bond donors (Lipinski definition) is 3. The molecule has 0 saturated heterocycles. The molecule has 1 fully saturated rings. The molecular formula is C20H22BrN3O4S. The maximum absolute atomic E-state index is 12.5. The summed E-state index contributed by atoms with van der Waals surface area (Å²) in [6.45, 7) is 1.75. The smallest absolute Gasteiger partial charge is 0.252 e. The standard InChI is InChI=1S/C20H22BrN3O4S/c1-2-13-5-3-4-6-18(13)23-19(25)12-22-20(26)16-11-15(9-10-17(16)21)29(27,28)24-14-7-8-14/h3-6,9-11,14,24H,2,7-8,12H2,1H3,(H,22,26)(H,23,25). The lowest BCUT2D eigenvalue weighted by atomic mass is 10.1. The van der Waals surface area contributed by atoms with E-state index in [0.717, 1.165) is 24.8 Å². The Morgan fingerprint density at radius 1 is 1.14 bits per heavy atom. The van der Waals surface area contributed by atoms with E-state index in [1.807, 2.05) is 25.1 Å². The molecule has 7 nitrogen and oxygen atoms in total. The zero-order chi connectivity index (χ0) is 21.0. The normalized spacial score (nSPS) is 13.7. The molecule has 9 heteroatoms. The summed E-state index contributed by atoms with van der Waals surface area (Å²) >= 11 is 3.26. The third-order valence-electron chi connectivity index (χ3n) is 4.47. The average Bonchev–Trinajstić information content (AvgIpc) is 3.50. The van der Waals surface area contributed by atoms with Crippen molar-refractivity contribution in [3.8, 4) is 0 Å². The van der Waals surface area contributed by atoms with Crippen LogP contribution in [0.4, 0.5) is 5.69 Å². The number of nitrogens with one attached hydrogen (secondary N) is 3. The molecule has 3 N–H and O–H groups in total. The minimum absolute atomic E-state index is 0.0130. The van der Waals surface area contributed by atoms with Gasteiger partial charge in [0, 0.05) is 16.2 Å². The van der Waals surface area contributed by atoms with Crippen molar-refractivity contribution in [2.45, 2.75) is 37.1 Å². The summed E-state index contributed by atoms with van der Waals surface area (Å²) in [5.41, 5.74) is 1.84. The van der Waals surface area contributed by atoms with Crippen LogP contribution >= 0.6 is 15.9 Å². The highest BCUT2D eigenvalue weighted by Gasteiger charge is 2.28. The average molecular weight is 480 g/mol. The molecular weight excluding hydrogens is 458 g/mol. The van der Waals surface area contributed by atoms with Gasteiger partial charge in [0.25, 0.3) is 5.91 Å². The molecule has 0 spiro atoms. The van der Waals surface area contributed by atoms with Crippen molar-refractivity contribution in [2.75, 3.05) is 11.9 Å². The van der Waals surface area contributed by atoms with E-state index in [0.29, 0.717) is 10.2 Å². The highest BCUT2D eigenvalue weighted by atomic mass is 79.9. The molecule has 29 heavy (non-hydrogen) atoms. The second kappa shape index (κ2) is 9.06. The van der Waals surface area contributed by atoms with Crippen LogP contribution in [0, 0.1) is 0 Å². The van der Waals surface area contributed by atoms with E-state index in [2.05, 4.69) is 31.3 Å². The quantitative estimate of drug-likeness (QED) is 0.541. The monoisotopic (exact) mass is 479 g/mol. The lowest BCUT2D eigenvalue weighted by Crippen LogP contribution is -2.33. The molecule has 0 heterocycles. The molecule has 0 atom stereocenters. The van der Waals surface area contributed by atoms with Crippen molar-refractivity contribution in [1.82, 2.24) is 10.0 Å². The number of hydrogen-bond acceptors (Lipinski definition) is 4. The molecule has 0 aromatic heterocycles. The molecule has 0 bridgehead atoms. The second-order valence-electron chi connectivity index (χ2n) is 6.78. The van der Waals surface area contributed by atoms with E-state index in [1.54, 1.807) is 6.07 Å². The highest BCUT2D eigenvalue weighted by molar-refractivity contribution is 9.10. The van der Waals surface area contributed by atoms with Crippen LogP contribution < -0.4 is 15.4 Å². The van der Waals surface area contributed by atoms with Gasteiger partial charge in [0.1, 0.15) is 0 Å². The van der Waals surface area contributed by atoms with Crippen LogP contribution in [0.1, 0.15) is 35.7 Å². The van der Waals surface area contributed by atoms with Gasteiger partial charge in [0.2, 0.25) is 15.9 Å². The number of benzene rings is 2. The van der Waals surface area contributed by atoms with E-state index in [-0.39, 0.29) is 29.0 Å². The number of carbonyl (C=O) groups excluding carboxylic acids is 2. The summed E-state index contributed by atoms with van der Waals surface area (Å²) in [6, 6.07) is 11.7. The number of carbonyl (C=O) groups is 2. The van der Waals surface area contributed by atoms with Gasteiger partial charge in [-0.15, -0.1) is 0 Å². The summed E-state index contributed by atoms with van der Waals surface area (Å²) in [4.78, 5) is 24.7. The lowest BCUT2D eigenvalue weighted by molar-refractivity contribution is -0.115. The fourth-order valence-corrected chi connectivity index (χ4v) is 4.49. The number of para-hydroxylation sites is 1. The molecule has 3 rings (SSSR count). The van der Waals surface area contributed by atoms with E-state index < -0.39 is 15.9 Å². The van der Waals surface area contributed by atoms with Crippen LogP contribution in [0.3, 0.4) is 0 Å². The second-order valence-corrected chi connectivity index (χ2v) is 9.35. The number of halogens is 1. The Bertz CT molecular complexity index is 1040. The number of sulfonamides is 1. The van der Waals surface area contributed by atoms with Crippen LogP contribution in [0.25, 0.3) is 0 Å². The van der Waals surface area contributed by atoms with Gasteiger partial charge in [0.15, 0.2) is 0 Å². The third kappa shape index (κ3) is 5.65. The summed E-state index contributed by atoms with van der Waals surface area (Å²) in [6.07, 6.45) is 2.41. The molecule has 2 aromatic carbocycles. The first kappa shape index (κ1) is 21.5. The van der Waals surface area contributed by atoms with Crippen LogP contribution in [0.15, 0.2) is 51.8 Å². The van der Waals surface area contributed by atoms with Gasteiger partial charge < -0.3 is 10.6 Å². The van der Waals surface area contributed by atoms with Crippen LogP contribution in [-0.4, -0.2) is 32.8 Å². The van der Waals surface area contributed by atoms with Crippen molar-refractivity contribution in [3.63, 3.8) is 0 Å². The minimum atomic E-state index is -3.68. The van der Waals surface area contributed by atoms with Crippen LogP contribution in [0.5, 0.6) is 0 Å². The Kier molecular flexibility index (Phi) is 6.71. The first-order valence-electron chi connectivity index (χ1n) is 9.28. The molecule has 2 aromatic rings. The van der Waals surface area contributed by atoms with E-state index in [4.69, 9.17) is 0 Å². The van der Waals surface area contributed by atoms with Gasteiger partial charge in [-0.1, -0.05) is 25.1 Å². The molecule has 2 amide bonds. The minimum Gasteiger partial charge on any atom is -0.343 e. The Morgan fingerprint density at radius 3 is 2.55 bits per heavy atom. The molecule has 0 radical (unpaired) electrons. The van der Waals surface area contributed by atoms with Crippen LogP contribution in [-0.2, 0) is 21.2 Å². The van der Waals surface area contributed by atoms with Crippen molar-refractivity contribution < 1.29 is 18.0 Å². The zero-order valence-electron chi connectivity index (χ0n) is 15.9. The van der Waals surface area contributed by atoms with Gasteiger partial charge in [-0.05, 0) is 65.0 Å². The number of amides is 2. The maximum atomic E-state index is 12.5. The third-order valence-corrected chi connectivity index (χ3v) is 6.68. The van der Waals surface area contributed by atoms with Crippen molar-refractivity contribution in [2.24, 2.45) is 0 Å². The Morgan fingerprint density at radius 2 is 1.86 bits per heavy atom. The number of aryl methyl sites for hydroxylation is 1. The Hall–Kier alpha value is -2.23. The topological polar surface area (TPSA) is 104 Å². The van der Waals surface area contributed by atoms with Gasteiger partial charge >= 0.3 is 0 Å². The van der Waals surface area contributed by atoms with Gasteiger partial charge in [-0.3, -0.25) is 9.59 Å². The fourth-order valence-electron chi connectivity index (χ4n) is 2.73. The maximum Gasteiger partial charge on any atom is 0.252 e. The zero-order valence-corrected chi connectivity index (χ0v) is 18.3. The molecule has 0 aliphatic heterocycles. The van der Waals surface area contributed by atoms with Crippen molar-refractivity contribution in [1.29, 1.82) is 0 Å². The SMILES string of the molecule is CCc1ccccc1NC(=O)CNC(=O)c1cc(S(=O)(=O)NC2CC2)ccc1Br. The van der Waals surface area contributed by atoms with Gasteiger partial charge in [-0.2, -0.15) is 0 Å². The Labute approximate surface area is 178 Å². The summed E-state index contributed by atoms with van der Waals surface area (Å²) in [5.74, 6) is -0.908. The first-order chi connectivity index (χ1) is 13.8. The van der Waals surface area contributed by atoms with Crippen molar-refractivity contribution >= 4 is 43.5 Å². The first-order valence-corrected chi connectivity index (χ1v) is 11.6. The summed E-state index contributed by atoms with van der Waals surface area (Å²) < 4.78 is 27.8.